The fourth-order valence-electron chi connectivity index (χ4n) is 3.04. The molecule has 2 aromatic rings. The third-order valence-electron chi connectivity index (χ3n) is 4.76. The Bertz CT molecular complexity index is 832. The van der Waals surface area contributed by atoms with Crippen LogP contribution in [0.2, 0.25) is 0 Å². The SMILES string of the molecule is Cc1ccc(OC[C@H](O)CN2C(=O)N[C@@](C)(c3ccc(C)cc3)C2=O)cc1. The second-order valence-corrected chi connectivity index (χ2v) is 7.11. The molecule has 27 heavy (non-hydrogen) atoms. The summed E-state index contributed by atoms with van der Waals surface area (Å²) >= 11 is 0. The number of amides is 3. The van der Waals surface area contributed by atoms with E-state index in [1.54, 1.807) is 6.92 Å². The fraction of sp³-hybridized carbons (Fsp3) is 0.333. The molecular formula is C21H24N2O4. The number of carbonyl (C=O) groups is 2. The van der Waals surface area contributed by atoms with Gasteiger partial charge in [0.15, 0.2) is 0 Å². The molecular weight excluding hydrogens is 344 g/mol. The number of rotatable bonds is 6. The Hall–Kier alpha value is -2.86. The van der Waals surface area contributed by atoms with Gasteiger partial charge in [-0.2, -0.15) is 0 Å². The summed E-state index contributed by atoms with van der Waals surface area (Å²) in [4.78, 5) is 26.2. The summed E-state index contributed by atoms with van der Waals surface area (Å²) in [5.41, 5.74) is 1.75. The molecule has 0 bridgehead atoms. The largest absolute Gasteiger partial charge is 0.491 e. The Labute approximate surface area is 158 Å². The number of urea groups is 1. The van der Waals surface area contributed by atoms with Gasteiger partial charge in [-0.05, 0) is 38.5 Å². The molecule has 6 heteroatoms. The Morgan fingerprint density at radius 1 is 1.04 bits per heavy atom. The molecule has 1 fully saturated rings. The number of hydrogen-bond donors (Lipinski definition) is 2. The van der Waals surface area contributed by atoms with Crippen molar-refractivity contribution in [1.29, 1.82) is 0 Å². The Balaban J connectivity index is 1.64. The zero-order valence-electron chi connectivity index (χ0n) is 15.7. The molecule has 0 saturated carbocycles. The highest BCUT2D eigenvalue weighted by molar-refractivity contribution is 6.07. The lowest BCUT2D eigenvalue weighted by atomic mass is 9.91. The minimum Gasteiger partial charge on any atom is -0.491 e. The molecule has 2 atom stereocenters. The predicted molar refractivity (Wildman–Crippen MR) is 101 cm³/mol. The summed E-state index contributed by atoms with van der Waals surface area (Å²) in [7, 11) is 0. The van der Waals surface area contributed by atoms with Gasteiger partial charge in [0.1, 0.15) is 24.0 Å². The van der Waals surface area contributed by atoms with Gasteiger partial charge in [-0.3, -0.25) is 9.69 Å². The zero-order valence-corrected chi connectivity index (χ0v) is 15.7. The van der Waals surface area contributed by atoms with Crippen molar-refractivity contribution >= 4 is 11.9 Å². The summed E-state index contributed by atoms with van der Waals surface area (Å²) in [6.07, 6.45) is -0.985. The molecule has 0 radical (unpaired) electrons. The number of ether oxygens (including phenoxy) is 1. The van der Waals surface area contributed by atoms with Gasteiger partial charge in [-0.15, -0.1) is 0 Å². The van der Waals surface area contributed by atoms with Gasteiger partial charge < -0.3 is 15.2 Å². The molecule has 1 heterocycles. The molecule has 1 aliphatic heterocycles. The first-order chi connectivity index (χ1) is 12.8. The Morgan fingerprint density at radius 3 is 2.19 bits per heavy atom. The average Bonchev–Trinajstić information content (AvgIpc) is 2.86. The van der Waals surface area contributed by atoms with Crippen molar-refractivity contribution in [2.24, 2.45) is 0 Å². The van der Waals surface area contributed by atoms with E-state index in [1.807, 2.05) is 62.4 Å². The van der Waals surface area contributed by atoms with Gasteiger partial charge in [-0.1, -0.05) is 47.5 Å². The van der Waals surface area contributed by atoms with Crippen molar-refractivity contribution in [1.82, 2.24) is 10.2 Å². The maximum absolute atomic E-state index is 12.9. The third-order valence-corrected chi connectivity index (χ3v) is 4.76. The van der Waals surface area contributed by atoms with E-state index in [-0.39, 0.29) is 19.1 Å². The smallest absolute Gasteiger partial charge is 0.325 e. The number of imide groups is 1. The van der Waals surface area contributed by atoms with Crippen LogP contribution in [-0.4, -0.2) is 41.2 Å². The number of benzene rings is 2. The lowest BCUT2D eigenvalue weighted by molar-refractivity contribution is -0.132. The summed E-state index contributed by atoms with van der Waals surface area (Å²) in [6, 6.07) is 14.4. The normalized spacial score (nSPS) is 20.5. The average molecular weight is 368 g/mol. The van der Waals surface area contributed by atoms with Crippen LogP contribution in [0.5, 0.6) is 5.75 Å². The standard InChI is InChI=1S/C21H24N2O4/c1-14-4-8-16(9-5-14)21(3)19(25)23(20(26)22-21)12-17(24)13-27-18-10-6-15(2)7-11-18/h4-11,17,24H,12-13H2,1-3H3,(H,22,26)/t17-,21+/m1/s1. The third kappa shape index (κ3) is 3.95. The van der Waals surface area contributed by atoms with Crippen molar-refractivity contribution in [2.75, 3.05) is 13.2 Å². The van der Waals surface area contributed by atoms with E-state index in [2.05, 4.69) is 5.32 Å². The second kappa shape index (κ2) is 7.40. The molecule has 3 rings (SSSR count). The summed E-state index contributed by atoms with van der Waals surface area (Å²) in [5, 5.41) is 13.0. The van der Waals surface area contributed by atoms with Crippen molar-refractivity contribution in [3.8, 4) is 5.75 Å². The van der Waals surface area contributed by atoms with Crippen molar-refractivity contribution in [3.63, 3.8) is 0 Å². The maximum Gasteiger partial charge on any atom is 0.325 e. The predicted octanol–water partition coefficient (Wildman–Crippen LogP) is 2.51. The molecule has 1 saturated heterocycles. The summed E-state index contributed by atoms with van der Waals surface area (Å²) in [5.74, 6) is 0.243. The lowest BCUT2D eigenvalue weighted by Crippen LogP contribution is -2.42. The van der Waals surface area contributed by atoms with Gasteiger partial charge in [-0.25, -0.2) is 4.79 Å². The molecule has 2 N–H and O–H groups in total. The molecule has 6 nitrogen and oxygen atoms in total. The van der Waals surface area contributed by atoms with Crippen molar-refractivity contribution in [2.45, 2.75) is 32.4 Å². The molecule has 2 aromatic carbocycles. The molecule has 142 valence electrons. The summed E-state index contributed by atoms with van der Waals surface area (Å²) in [6.45, 7) is 5.46. The first kappa shape index (κ1) is 18.9. The van der Waals surface area contributed by atoms with Crippen LogP contribution in [0.15, 0.2) is 48.5 Å². The van der Waals surface area contributed by atoms with E-state index in [9.17, 15) is 14.7 Å². The zero-order chi connectivity index (χ0) is 19.6. The fourth-order valence-corrected chi connectivity index (χ4v) is 3.04. The highest BCUT2D eigenvalue weighted by atomic mass is 16.5. The minimum absolute atomic E-state index is 0.0125. The van der Waals surface area contributed by atoms with Crippen molar-refractivity contribution in [3.05, 3.63) is 65.2 Å². The van der Waals surface area contributed by atoms with Gasteiger partial charge in [0, 0.05) is 0 Å². The van der Waals surface area contributed by atoms with Crippen LogP contribution in [0.25, 0.3) is 0 Å². The van der Waals surface area contributed by atoms with Gasteiger partial charge in [0.25, 0.3) is 5.91 Å². The Kier molecular flexibility index (Phi) is 5.19. The van der Waals surface area contributed by atoms with Gasteiger partial charge >= 0.3 is 6.03 Å². The molecule has 0 aromatic heterocycles. The number of carbonyl (C=O) groups excluding carboxylic acids is 2. The van der Waals surface area contributed by atoms with Crippen molar-refractivity contribution < 1.29 is 19.4 Å². The number of aliphatic hydroxyl groups excluding tert-OH is 1. The topological polar surface area (TPSA) is 78.9 Å². The highest BCUT2D eigenvalue weighted by Crippen LogP contribution is 2.29. The molecule has 0 aliphatic carbocycles. The first-order valence-corrected chi connectivity index (χ1v) is 8.88. The van der Waals surface area contributed by atoms with Crippen LogP contribution in [0.1, 0.15) is 23.6 Å². The number of nitrogens with one attached hydrogen (secondary N) is 1. The molecule has 0 spiro atoms. The van der Waals surface area contributed by atoms with Crippen LogP contribution >= 0.6 is 0 Å². The molecule has 1 aliphatic rings. The van der Waals surface area contributed by atoms with E-state index >= 15 is 0 Å². The van der Waals surface area contributed by atoms with E-state index < -0.39 is 17.7 Å². The lowest BCUT2D eigenvalue weighted by Gasteiger charge is -2.23. The van der Waals surface area contributed by atoms with Gasteiger partial charge in [0.05, 0.1) is 6.54 Å². The highest BCUT2D eigenvalue weighted by Gasteiger charge is 2.49. The van der Waals surface area contributed by atoms with E-state index in [4.69, 9.17) is 4.74 Å². The number of aryl methyl sites for hydroxylation is 2. The van der Waals surface area contributed by atoms with E-state index in [0.717, 1.165) is 16.0 Å². The maximum atomic E-state index is 12.9. The number of β-amino-alcohol motifs (C(OH)–C–C–N with tert-alkyl or cyclic N) is 1. The number of aliphatic hydroxyl groups is 1. The minimum atomic E-state index is -1.14. The van der Waals surface area contributed by atoms with Crippen LogP contribution in [0, 0.1) is 13.8 Å². The van der Waals surface area contributed by atoms with Gasteiger partial charge in [0.2, 0.25) is 0 Å². The molecule has 3 amide bonds. The summed E-state index contributed by atoms with van der Waals surface area (Å²) < 4.78 is 5.53. The van der Waals surface area contributed by atoms with Crippen LogP contribution in [0.4, 0.5) is 4.79 Å². The van der Waals surface area contributed by atoms with E-state index in [1.165, 1.54) is 0 Å². The molecule has 0 unspecified atom stereocenters. The second-order valence-electron chi connectivity index (χ2n) is 7.11. The quantitative estimate of drug-likeness (QED) is 0.768. The van der Waals surface area contributed by atoms with E-state index in [0.29, 0.717) is 11.3 Å². The van der Waals surface area contributed by atoms with Crippen LogP contribution in [-0.2, 0) is 10.3 Å². The Morgan fingerprint density at radius 2 is 1.59 bits per heavy atom. The van der Waals surface area contributed by atoms with Crippen LogP contribution < -0.4 is 10.1 Å². The monoisotopic (exact) mass is 368 g/mol. The first-order valence-electron chi connectivity index (χ1n) is 8.88. The number of nitrogens with zero attached hydrogens (tertiary/aromatic N) is 1. The number of hydrogen-bond acceptors (Lipinski definition) is 4. The van der Waals surface area contributed by atoms with Crippen LogP contribution in [0.3, 0.4) is 0 Å².